The first-order chi connectivity index (χ1) is 13.3. The summed E-state index contributed by atoms with van der Waals surface area (Å²) in [5.41, 5.74) is 2.46. The van der Waals surface area contributed by atoms with Gasteiger partial charge in [-0.3, -0.25) is 4.79 Å². The minimum absolute atomic E-state index is 0.0952. The highest BCUT2D eigenvalue weighted by Crippen LogP contribution is 2.41. The average Bonchev–Trinajstić information content (AvgIpc) is 2.84. The molecule has 2 aromatic carbocycles. The van der Waals surface area contributed by atoms with Crippen molar-refractivity contribution in [3.05, 3.63) is 59.9 Å². The van der Waals surface area contributed by atoms with Crippen LogP contribution in [-0.2, 0) is 11.2 Å². The van der Waals surface area contributed by atoms with E-state index in [0.717, 1.165) is 36.0 Å². The van der Waals surface area contributed by atoms with E-state index in [1.165, 1.54) is 24.0 Å². The summed E-state index contributed by atoms with van der Waals surface area (Å²) in [7, 11) is 0. The molecule has 2 atom stereocenters. The summed E-state index contributed by atoms with van der Waals surface area (Å²) in [6.45, 7) is 1.05. The zero-order valence-corrected chi connectivity index (χ0v) is 15.9. The lowest BCUT2D eigenvalue weighted by molar-refractivity contribution is -0.140. The molecule has 0 radical (unpaired) electrons. The Kier molecular flexibility index (Phi) is 4.94. The maximum atomic E-state index is 14.4. The molecule has 1 saturated heterocycles. The number of halogens is 3. The number of hydrogen-bond donors (Lipinski definition) is 0. The van der Waals surface area contributed by atoms with Crippen LogP contribution in [-0.4, -0.2) is 29.3 Å². The Morgan fingerprint density at radius 2 is 1.79 bits per heavy atom. The van der Waals surface area contributed by atoms with E-state index < -0.39 is 24.4 Å². The Morgan fingerprint density at radius 3 is 2.43 bits per heavy atom. The molecule has 2 fully saturated rings. The van der Waals surface area contributed by atoms with Crippen molar-refractivity contribution in [3.63, 3.8) is 0 Å². The van der Waals surface area contributed by atoms with E-state index in [-0.39, 0.29) is 17.6 Å². The Hall–Kier alpha value is -2.30. The van der Waals surface area contributed by atoms with Crippen molar-refractivity contribution in [2.75, 3.05) is 6.54 Å². The van der Waals surface area contributed by atoms with Gasteiger partial charge in [0.15, 0.2) is 0 Å². The van der Waals surface area contributed by atoms with Crippen LogP contribution in [0, 0.1) is 17.7 Å². The second-order valence-corrected chi connectivity index (χ2v) is 8.13. The number of carbonyl (C=O) groups is 1. The molecule has 0 unspecified atom stereocenters. The van der Waals surface area contributed by atoms with Gasteiger partial charge in [0.2, 0.25) is 5.91 Å². The maximum absolute atomic E-state index is 14.4. The minimum atomic E-state index is -2.87. The normalized spacial score (nSPS) is 24.2. The van der Waals surface area contributed by atoms with Crippen LogP contribution in [0.25, 0.3) is 11.1 Å². The van der Waals surface area contributed by atoms with E-state index in [4.69, 9.17) is 0 Å². The zero-order valence-electron chi connectivity index (χ0n) is 15.9. The third-order valence-electron chi connectivity index (χ3n) is 6.29. The number of rotatable bonds is 4. The fourth-order valence-electron chi connectivity index (χ4n) is 4.25. The summed E-state index contributed by atoms with van der Waals surface area (Å²) in [4.78, 5) is 14.2. The highest BCUT2D eigenvalue weighted by Gasteiger charge is 2.54. The molecule has 0 aromatic heterocycles. The van der Waals surface area contributed by atoms with E-state index in [0.29, 0.717) is 6.42 Å². The molecule has 1 aliphatic carbocycles. The molecule has 2 aliphatic rings. The molecule has 2 aromatic rings. The van der Waals surface area contributed by atoms with Gasteiger partial charge in [-0.05, 0) is 48.1 Å². The van der Waals surface area contributed by atoms with Gasteiger partial charge in [0.05, 0.1) is 6.54 Å². The Balaban J connectivity index is 1.59. The first kappa shape index (κ1) is 19.0. The van der Waals surface area contributed by atoms with E-state index >= 15 is 0 Å². The fraction of sp³-hybridized carbons (Fsp3) is 0.435. The molecule has 0 spiro atoms. The molecular weight excluding hydrogens is 363 g/mol. The second-order valence-electron chi connectivity index (χ2n) is 8.13. The van der Waals surface area contributed by atoms with E-state index in [1.54, 1.807) is 6.07 Å². The molecule has 148 valence electrons. The summed E-state index contributed by atoms with van der Waals surface area (Å²) in [5, 5.41) is 0. The molecule has 1 amide bonds. The number of alkyl halides is 2. The standard InChI is InChI=1S/C23H24F3NO/c1-15-21(27(14-23(15,25)26)22(28)17-6-3-7-17)12-16-5-2-8-18(11-16)19-9-4-10-20(24)13-19/h2,4-5,8-11,13,15,17,21H,3,6-7,12,14H2,1H3/t15-,21+/m1/s1. The van der Waals surface area contributed by atoms with Crippen molar-refractivity contribution in [2.45, 2.75) is 44.6 Å². The SMILES string of the molecule is C[C@@H]1[C@H](Cc2cccc(-c3cccc(F)c3)c2)N(C(=O)C2CCC2)CC1(F)F. The van der Waals surface area contributed by atoms with Crippen LogP contribution in [0.4, 0.5) is 13.2 Å². The van der Waals surface area contributed by atoms with Crippen LogP contribution >= 0.6 is 0 Å². The molecule has 1 heterocycles. The van der Waals surface area contributed by atoms with Crippen molar-refractivity contribution in [1.29, 1.82) is 0 Å². The largest absolute Gasteiger partial charge is 0.333 e. The molecule has 2 nitrogen and oxygen atoms in total. The topological polar surface area (TPSA) is 20.3 Å². The van der Waals surface area contributed by atoms with Crippen LogP contribution in [0.2, 0.25) is 0 Å². The summed E-state index contributed by atoms with van der Waals surface area (Å²) in [5.74, 6) is -4.30. The molecule has 1 saturated carbocycles. The molecular formula is C23H24F3NO. The second kappa shape index (κ2) is 7.26. The number of hydrogen-bond acceptors (Lipinski definition) is 1. The van der Waals surface area contributed by atoms with Crippen molar-refractivity contribution < 1.29 is 18.0 Å². The smallest absolute Gasteiger partial charge is 0.269 e. The van der Waals surface area contributed by atoms with Gasteiger partial charge in [-0.25, -0.2) is 13.2 Å². The number of amides is 1. The number of carbonyl (C=O) groups excluding carboxylic acids is 1. The first-order valence-electron chi connectivity index (χ1n) is 9.88. The van der Waals surface area contributed by atoms with Gasteiger partial charge in [0.1, 0.15) is 5.82 Å². The van der Waals surface area contributed by atoms with Gasteiger partial charge in [-0.15, -0.1) is 0 Å². The monoisotopic (exact) mass is 387 g/mol. The molecule has 28 heavy (non-hydrogen) atoms. The van der Waals surface area contributed by atoms with Crippen LogP contribution < -0.4 is 0 Å². The van der Waals surface area contributed by atoms with E-state index in [2.05, 4.69) is 0 Å². The molecule has 5 heteroatoms. The molecule has 0 N–H and O–H groups in total. The van der Waals surface area contributed by atoms with Crippen LogP contribution in [0.1, 0.15) is 31.7 Å². The van der Waals surface area contributed by atoms with E-state index in [9.17, 15) is 18.0 Å². The molecule has 0 bridgehead atoms. The lowest BCUT2D eigenvalue weighted by atomic mass is 9.84. The van der Waals surface area contributed by atoms with Crippen LogP contribution in [0.3, 0.4) is 0 Å². The van der Waals surface area contributed by atoms with Gasteiger partial charge in [-0.2, -0.15) is 0 Å². The average molecular weight is 387 g/mol. The predicted molar refractivity (Wildman–Crippen MR) is 102 cm³/mol. The van der Waals surface area contributed by atoms with Gasteiger partial charge in [-0.1, -0.05) is 49.7 Å². The van der Waals surface area contributed by atoms with Crippen molar-refractivity contribution in [1.82, 2.24) is 4.90 Å². The Bertz CT molecular complexity index is 878. The van der Waals surface area contributed by atoms with Crippen molar-refractivity contribution >= 4 is 5.91 Å². The molecule has 1 aliphatic heterocycles. The lowest BCUT2D eigenvalue weighted by Gasteiger charge is -2.33. The van der Waals surface area contributed by atoms with Crippen LogP contribution in [0.5, 0.6) is 0 Å². The highest BCUT2D eigenvalue weighted by atomic mass is 19.3. The maximum Gasteiger partial charge on any atom is 0.269 e. The molecule has 4 rings (SSSR count). The minimum Gasteiger partial charge on any atom is -0.333 e. The van der Waals surface area contributed by atoms with Gasteiger partial charge < -0.3 is 4.90 Å². The van der Waals surface area contributed by atoms with Crippen molar-refractivity contribution in [3.8, 4) is 11.1 Å². The van der Waals surface area contributed by atoms with Gasteiger partial charge in [0.25, 0.3) is 5.92 Å². The third kappa shape index (κ3) is 3.54. The first-order valence-corrected chi connectivity index (χ1v) is 9.88. The van der Waals surface area contributed by atoms with E-state index in [1.807, 2.05) is 30.3 Å². The zero-order chi connectivity index (χ0) is 19.9. The van der Waals surface area contributed by atoms with Gasteiger partial charge in [0, 0.05) is 17.9 Å². The summed E-state index contributed by atoms with van der Waals surface area (Å²) < 4.78 is 42.4. The summed E-state index contributed by atoms with van der Waals surface area (Å²) >= 11 is 0. The third-order valence-corrected chi connectivity index (χ3v) is 6.29. The quantitative estimate of drug-likeness (QED) is 0.696. The number of likely N-dealkylation sites (tertiary alicyclic amines) is 1. The Labute approximate surface area is 163 Å². The van der Waals surface area contributed by atoms with Crippen LogP contribution in [0.15, 0.2) is 48.5 Å². The van der Waals surface area contributed by atoms with Crippen molar-refractivity contribution in [2.24, 2.45) is 11.8 Å². The van der Waals surface area contributed by atoms with Gasteiger partial charge >= 0.3 is 0 Å². The Morgan fingerprint density at radius 1 is 1.11 bits per heavy atom. The summed E-state index contributed by atoms with van der Waals surface area (Å²) in [6.07, 6.45) is 2.98. The predicted octanol–water partition coefficient (Wildman–Crippen LogP) is 5.32. The highest BCUT2D eigenvalue weighted by molar-refractivity contribution is 5.80. The summed E-state index contributed by atoms with van der Waals surface area (Å²) in [6, 6.07) is 13.3. The lowest BCUT2D eigenvalue weighted by Crippen LogP contribution is -2.44. The fourth-order valence-corrected chi connectivity index (χ4v) is 4.25. The number of benzene rings is 2. The number of nitrogens with zero attached hydrogens (tertiary/aromatic N) is 1.